The number of benzene rings is 1. The quantitative estimate of drug-likeness (QED) is 0.799. The van der Waals surface area contributed by atoms with E-state index in [9.17, 15) is 9.59 Å². The SMILES string of the molecule is O=C(CSC1=NC(=O)C2C=NN(CCO)C2=N1)Nc1cccc(Cl)c1. The fraction of sp³-hybridized carbons (Fsp3) is 0.267. The van der Waals surface area contributed by atoms with Crippen LogP contribution in [0.1, 0.15) is 0 Å². The van der Waals surface area contributed by atoms with Gasteiger partial charge in [-0.1, -0.05) is 29.4 Å². The Morgan fingerprint density at radius 1 is 1.40 bits per heavy atom. The smallest absolute Gasteiger partial charge is 0.264 e. The molecule has 3 rings (SSSR count). The third-order valence-electron chi connectivity index (χ3n) is 3.33. The van der Waals surface area contributed by atoms with Gasteiger partial charge in [0, 0.05) is 16.9 Å². The predicted octanol–water partition coefficient (Wildman–Crippen LogP) is 1.22. The number of aliphatic imine (C=N–C) groups is 2. The minimum absolute atomic E-state index is 0.0426. The van der Waals surface area contributed by atoms with E-state index >= 15 is 0 Å². The second-order valence-corrected chi connectivity index (χ2v) is 6.52. The average molecular weight is 380 g/mol. The van der Waals surface area contributed by atoms with Gasteiger partial charge in [-0.05, 0) is 18.2 Å². The third-order valence-corrected chi connectivity index (χ3v) is 4.41. The number of hydrazone groups is 1. The van der Waals surface area contributed by atoms with Gasteiger partial charge < -0.3 is 10.4 Å². The number of amidine groups is 2. The monoisotopic (exact) mass is 379 g/mol. The summed E-state index contributed by atoms with van der Waals surface area (Å²) in [5.41, 5.74) is 0.587. The lowest BCUT2D eigenvalue weighted by Crippen LogP contribution is -2.35. The second kappa shape index (κ2) is 7.77. The molecule has 0 aliphatic carbocycles. The molecule has 8 nitrogen and oxygen atoms in total. The number of aliphatic hydroxyl groups is 1. The topological polar surface area (TPSA) is 107 Å². The fourth-order valence-corrected chi connectivity index (χ4v) is 3.08. The molecule has 2 aliphatic rings. The van der Waals surface area contributed by atoms with Gasteiger partial charge in [-0.2, -0.15) is 10.1 Å². The second-order valence-electron chi connectivity index (χ2n) is 5.14. The molecule has 1 aromatic carbocycles. The number of fused-ring (bicyclic) bond motifs is 1. The molecule has 1 aromatic rings. The molecule has 10 heteroatoms. The van der Waals surface area contributed by atoms with Crippen molar-refractivity contribution in [2.24, 2.45) is 21.0 Å². The van der Waals surface area contributed by atoms with Crippen LogP contribution >= 0.6 is 23.4 Å². The first-order valence-corrected chi connectivity index (χ1v) is 8.75. The molecule has 1 atom stereocenters. The van der Waals surface area contributed by atoms with E-state index in [-0.39, 0.29) is 35.9 Å². The Hall–Kier alpha value is -2.23. The van der Waals surface area contributed by atoms with Crippen LogP contribution in [0.2, 0.25) is 5.02 Å². The number of carbonyl (C=O) groups excluding carboxylic acids is 2. The minimum atomic E-state index is -0.615. The first-order chi connectivity index (χ1) is 12.1. The molecular weight excluding hydrogens is 366 g/mol. The van der Waals surface area contributed by atoms with Crippen LogP contribution in [0, 0.1) is 5.92 Å². The number of nitrogens with zero attached hydrogens (tertiary/aromatic N) is 4. The molecule has 130 valence electrons. The predicted molar refractivity (Wildman–Crippen MR) is 98.2 cm³/mol. The number of carbonyl (C=O) groups is 2. The van der Waals surface area contributed by atoms with Crippen LogP contribution in [0.25, 0.3) is 0 Å². The number of hydrogen-bond acceptors (Lipinski definition) is 7. The van der Waals surface area contributed by atoms with Gasteiger partial charge in [0.2, 0.25) is 5.91 Å². The van der Waals surface area contributed by atoms with E-state index in [2.05, 4.69) is 20.4 Å². The van der Waals surface area contributed by atoms with E-state index < -0.39 is 5.92 Å². The highest BCUT2D eigenvalue weighted by atomic mass is 35.5. The van der Waals surface area contributed by atoms with E-state index in [1.54, 1.807) is 24.3 Å². The lowest BCUT2D eigenvalue weighted by atomic mass is 10.1. The molecule has 0 fully saturated rings. The maximum absolute atomic E-state index is 12.0. The summed E-state index contributed by atoms with van der Waals surface area (Å²) in [6.45, 7) is 0.130. The van der Waals surface area contributed by atoms with Gasteiger partial charge >= 0.3 is 0 Å². The Labute approximate surface area is 152 Å². The summed E-state index contributed by atoms with van der Waals surface area (Å²) in [6, 6.07) is 6.81. The zero-order valence-corrected chi connectivity index (χ0v) is 14.5. The highest BCUT2D eigenvalue weighted by Gasteiger charge is 2.35. The van der Waals surface area contributed by atoms with Crippen molar-refractivity contribution in [1.29, 1.82) is 0 Å². The molecule has 2 heterocycles. The van der Waals surface area contributed by atoms with E-state index in [0.717, 1.165) is 11.8 Å². The third kappa shape index (κ3) is 4.25. The summed E-state index contributed by atoms with van der Waals surface area (Å²) in [5.74, 6) is -0.796. The number of aliphatic hydroxyl groups excluding tert-OH is 1. The summed E-state index contributed by atoms with van der Waals surface area (Å²) >= 11 is 6.92. The van der Waals surface area contributed by atoms with E-state index in [1.807, 2.05) is 0 Å². The normalized spacial score (nSPS) is 18.7. The first-order valence-electron chi connectivity index (χ1n) is 7.38. The molecule has 2 N–H and O–H groups in total. The average Bonchev–Trinajstić information content (AvgIpc) is 2.97. The van der Waals surface area contributed by atoms with E-state index in [4.69, 9.17) is 16.7 Å². The van der Waals surface area contributed by atoms with Crippen molar-refractivity contribution in [2.45, 2.75) is 0 Å². The molecule has 2 aliphatic heterocycles. The Bertz CT molecular complexity index is 795. The van der Waals surface area contributed by atoms with Crippen LogP contribution in [-0.2, 0) is 9.59 Å². The summed E-state index contributed by atoms with van der Waals surface area (Å²) in [6.07, 6.45) is 1.45. The molecule has 0 spiro atoms. The number of β-amino-alcohol motifs (C(OH)–C–C–N with tert-alkyl or cyclic N) is 1. The molecular formula is C15H14ClN5O3S. The van der Waals surface area contributed by atoms with Crippen molar-refractivity contribution in [3.63, 3.8) is 0 Å². The molecule has 0 aromatic heterocycles. The van der Waals surface area contributed by atoms with Gasteiger partial charge in [-0.15, -0.1) is 0 Å². The highest BCUT2D eigenvalue weighted by molar-refractivity contribution is 8.14. The summed E-state index contributed by atoms with van der Waals surface area (Å²) in [5, 5.41) is 18.0. The Kier molecular flexibility index (Phi) is 5.47. The number of thioether (sulfide) groups is 1. The number of amides is 2. The zero-order chi connectivity index (χ0) is 17.8. The molecule has 25 heavy (non-hydrogen) atoms. The van der Waals surface area contributed by atoms with Crippen LogP contribution in [-0.4, -0.2) is 58.1 Å². The molecule has 0 bridgehead atoms. The number of anilines is 1. The van der Waals surface area contributed by atoms with Crippen molar-refractivity contribution in [3.8, 4) is 0 Å². The van der Waals surface area contributed by atoms with Gasteiger partial charge in [0.25, 0.3) is 5.91 Å². The number of halogens is 1. The van der Waals surface area contributed by atoms with Gasteiger partial charge in [0.1, 0.15) is 11.8 Å². The Morgan fingerprint density at radius 3 is 3.00 bits per heavy atom. The molecule has 2 amide bonds. The van der Waals surface area contributed by atoms with Crippen LogP contribution in [0.5, 0.6) is 0 Å². The Balaban J connectivity index is 1.60. The van der Waals surface area contributed by atoms with E-state index in [1.165, 1.54) is 11.2 Å². The van der Waals surface area contributed by atoms with Crippen LogP contribution in [0.4, 0.5) is 5.69 Å². The van der Waals surface area contributed by atoms with Gasteiger partial charge in [0.15, 0.2) is 5.17 Å². The van der Waals surface area contributed by atoms with Gasteiger partial charge in [0.05, 0.1) is 18.9 Å². The van der Waals surface area contributed by atoms with Gasteiger partial charge in [-0.25, -0.2) is 10.0 Å². The van der Waals surface area contributed by atoms with Gasteiger partial charge in [-0.3, -0.25) is 9.59 Å². The van der Waals surface area contributed by atoms with Crippen LogP contribution < -0.4 is 5.32 Å². The zero-order valence-electron chi connectivity index (χ0n) is 12.9. The number of hydrogen-bond donors (Lipinski definition) is 2. The first kappa shape index (κ1) is 17.6. The lowest BCUT2D eigenvalue weighted by molar-refractivity contribution is -0.118. The highest BCUT2D eigenvalue weighted by Crippen LogP contribution is 2.21. The summed E-state index contributed by atoms with van der Waals surface area (Å²) in [4.78, 5) is 32.2. The number of rotatable bonds is 5. The standard InChI is InChI=1S/C15H14ClN5O3S/c16-9-2-1-3-10(6-9)18-12(23)8-25-15-19-13-11(14(24)20-15)7-17-21(13)4-5-22/h1-3,6-7,11,22H,4-5,8H2,(H,18,23). The molecule has 0 saturated heterocycles. The fourth-order valence-electron chi connectivity index (χ4n) is 2.25. The number of nitrogens with one attached hydrogen (secondary N) is 1. The van der Waals surface area contributed by atoms with Crippen LogP contribution in [0.3, 0.4) is 0 Å². The van der Waals surface area contributed by atoms with Crippen LogP contribution in [0.15, 0.2) is 39.4 Å². The Morgan fingerprint density at radius 2 is 2.24 bits per heavy atom. The van der Waals surface area contributed by atoms with Crippen molar-refractivity contribution in [3.05, 3.63) is 29.3 Å². The molecule has 0 saturated carbocycles. The summed E-state index contributed by atoms with van der Waals surface area (Å²) in [7, 11) is 0. The van der Waals surface area contributed by atoms with E-state index in [0.29, 0.717) is 16.5 Å². The van der Waals surface area contributed by atoms with Crippen molar-refractivity contribution in [1.82, 2.24) is 5.01 Å². The maximum atomic E-state index is 12.0. The largest absolute Gasteiger partial charge is 0.394 e. The van der Waals surface area contributed by atoms with Crippen molar-refractivity contribution in [2.75, 3.05) is 24.2 Å². The lowest BCUT2D eigenvalue weighted by Gasteiger charge is -2.19. The van der Waals surface area contributed by atoms with Crippen molar-refractivity contribution < 1.29 is 14.7 Å². The maximum Gasteiger partial charge on any atom is 0.264 e. The molecule has 0 radical (unpaired) electrons. The van der Waals surface area contributed by atoms with Crippen molar-refractivity contribution >= 4 is 58.1 Å². The minimum Gasteiger partial charge on any atom is -0.394 e. The molecule has 1 unspecified atom stereocenters. The summed E-state index contributed by atoms with van der Waals surface area (Å²) < 4.78 is 0.